The summed E-state index contributed by atoms with van der Waals surface area (Å²) in [4.78, 5) is 2.90. The van der Waals surface area contributed by atoms with Gasteiger partial charge in [-0.1, -0.05) is 12.2 Å². The topological polar surface area (TPSA) is 29.3 Å². The van der Waals surface area contributed by atoms with Gasteiger partial charge in [0.25, 0.3) is 0 Å². The summed E-state index contributed by atoms with van der Waals surface area (Å²) < 4.78 is 1.08. The van der Waals surface area contributed by atoms with Crippen molar-refractivity contribution in [1.29, 1.82) is 0 Å². The van der Waals surface area contributed by atoms with Gasteiger partial charge in [-0.15, -0.1) is 0 Å². The Balaban J connectivity index is 2.29. The second-order valence-electron chi connectivity index (χ2n) is 4.57. The van der Waals surface area contributed by atoms with Crippen molar-refractivity contribution in [3.63, 3.8) is 0 Å². The molecule has 1 aromatic carbocycles. The molecule has 0 radical (unpaired) electrons. The molecule has 1 saturated heterocycles. The van der Waals surface area contributed by atoms with E-state index >= 15 is 0 Å². The van der Waals surface area contributed by atoms with Gasteiger partial charge in [0.05, 0.1) is 5.69 Å². The van der Waals surface area contributed by atoms with Crippen LogP contribution in [-0.4, -0.2) is 17.6 Å². The molecule has 1 atom stereocenters. The number of hydrogen-bond acceptors (Lipinski definition) is 2. The maximum atomic E-state index is 5.64. The average Bonchev–Trinajstić information content (AvgIpc) is 2.30. The molecule has 2 N–H and O–H groups in total. The van der Waals surface area contributed by atoms with Crippen LogP contribution in [0.2, 0.25) is 0 Å². The molecule has 0 saturated carbocycles. The van der Waals surface area contributed by atoms with Gasteiger partial charge in [0.1, 0.15) is 4.99 Å². The fraction of sp³-hybridized carbons (Fsp3) is 0.462. The van der Waals surface area contributed by atoms with Gasteiger partial charge >= 0.3 is 0 Å². The third kappa shape index (κ3) is 2.80. The van der Waals surface area contributed by atoms with Crippen LogP contribution in [-0.2, 0) is 0 Å². The van der Waals surface area contributed by atoms with Crippen LogP contribution < -0.4 is 10.6 Å². The Labute approximate surface area is 116 Å². The molecule has 1 heterocycles. The van der Waals surface area contributed by atoms with Crippen LogP contribution >= 0.6 is 28.1 Å². The fourth-order valence-corrected chi connectivity index (χ4v) is 3.08. The van der Waals surface area contributed by atoms with Crippen molar-refractivity contribution in [3.05, 3.63) is 28.2 Å². The van der Waals surface area contributed by atoms with Crippen LogP contribution in [0.25, 0.3) is 0 Å². The number of rotatable bonds is 2. The summed E-state index contributed by atoms with van der Waals surface area (Å²) in [7, 11) is 0. The molecule has 0 aliphatic carbocycles. The Bertz CT molecular complexity index is 433. The second-order valence-corrected chi connectivity index (χ2v) is 5.86. The highest BCUT2D eigenvalue weighted by Gasteiger charge is 2.20. The molecule has 0 amide bonds. The maximum absolute atomic E-state index is 5.64. The molecule has 1 aliphatic heterocycles. The minimum Gasteiger partial charge on any atom is -0.389 e. The van der Waals surface area contributed by atoms with E-state index < -0.39 is 0 Å². The molecule has 92 valence electrons. The van der Waals surface area contributed by atoms with Gasteiger partial charge in [0.2, 0.25) is 0 Å². The van der Waals surface area contributed by atoms with Crippen molar-refractivity contribution >= 4 is 38.8 Å². The number of benzene rings is 1. The lowest BCUT2D eigenvalue weighted by Gasteiger charge is -2.36. The van der Waals surface area contributed by atoms with Crippen molar-refractivity contribution in [3.8, 4) is 0 Å². The molecule has 0 bridgehead atoms. The van der Waals surface area contributed by atoms with E-state index in [2.05, 4.69) is 33.8 Å². The minimum atomic E-state index is 0.448. The summed E-state index contributed by atoms with van der Waals surface area (Å²) in [5.74, 6) is 0. The predicted octanol–water partition coefficient (Wildman–Crippen LogP) is 3.46. The molecule has 4 heteroatoms. The molecular formula is C13H17BrN2S. The Morgan fingerprint density at radius 1 is 1.47 bits per heavy atom. The fourth-order valence-electron chi connectivity index (χ4n) is 2.35. The number of thiocarbonyl (C=S) groups is 1. The van der Waals surface area contributed by atoms with Crippen molar-refractivity contribution in [1.82, 2.24) is 0 Å². The Morgan fingerprint density at radius 2 is 2.24 bits per heavy atom. The highest BCUT2D eigenvalue weighted by molar-refractivity contribution is 9.10. The van der Waals surface area contributed by atoms with E-state index in [4.69, 9.17) is 18.0 Å². The summed E-state index contributed by atoms with van der Waals surface area (Å²) in [6, 6.07) is 6.74. The number of nitrogens with two attached hydrogens (primary N) is 1. The smallest absolute Gasteiger partial charge is 0.104 e. The van der Waals surface area contributed by atoms with Crippen molar-refractivity contribution < 1.29 is 0 Å². The molecule has 1 fully saturated rings. The summed E-state index contributed by atoms with van der Waals surface area (Å²) >= 11 is 8.61. The largest absolute Gasteiger partial charge is 0.389 e. The molecule has 2 nitrogen and oxygen atoms in total. The molecule has 1 unspecified atom stereocenters. The van der Waals surface area contributed by atoms with Gasteiger partial charge < -0.3 is 10.6 Å². The number of anilines is 1. The van der Waals surface area contributed by atoms with E-state index in [-0.39, 0.29) is 0 Å². The van der Waals surface area contributed by atoms with Gasteiger partial charge in [-0.05, 0) is 60.3 Å². The van der Waals surface area contributed by atoms with Crippen molar-refractivity contribution in [2.24, 2.45) is 5.73 Å². The van der Waals surface area contributed by atoms with E-state index in [9.17, 15) is 0 Å². The van der Waals surface area contributed by atoms with E-state index in [1.807, 2.05) is 12.1 Å². The van der Waals surface area contributed by atoms with E-state index in [0.717, 1.165) is 16.6 Å². The molecule has 17 heavy (non-hydrogen) atoms. The first-order chi connectivity index (χ1) is 8.09. The Morgan fingerprint density at radius 3 is 2.82 bits per heavy atom. The van der Waals surface area contributed by atoms with E-state index in [0.29, 0.717) is 11.0 Å². The van der Waals surface area contributed by atoms with Crippen LogP contribution in [0, 0.1) is 0 Å². The first-order valence-corrected chi connectivity index (χ1v) is 7.15. The highest BCUT2D eigenvalue weighted by atomic mass is 79.9. The zero-order valence-electron chi connectivity index (χ0n) is 9.95. The monoisotopic (exact) mass is 312 g/mol. The lowest BCUT2D eigenvalue weighted by atomic mass is 10.0. The van der Waals surface area contributed by atoms with Crippen LogP contribution in [0.15, 0.2) is 22.7 Å². The average molecular weight is 313 g/mol. The highest BCUT2D eigenvalue weighted by Crippen LogP contribution is 2.32. The SMILES string of the molecule is CC1CCCCN1c1ccc(C(N)=S)cc1Br. The van der Waals surface area contributed by atoms with Gasteiger partial charge in [-0.3, -0.25) is 0 Å². The number of halogens is 1. The van der Waals surface area contributed by atoms with Gasteiger partial charge in [0.15, 0.2) is 0 Å². The predicted molar refractivity (Wildman–Crippen MR) is 80.7 cm³/mol. The first-order valence-electron chi connectivity index (χ1n) is 5.95. The Hall–Kier alpha value is -0.610. The van der Waals surface area contributed by atoms with Crippen LogP contribution in [0.4, 0.5) is 5.69 Å². The molecule has 2 rings (SSSR count). The maximum Gasteiger partial charge on any atom is 0.104 e. The van der Waals surface area contributed by atoms with Crippen LogP contribution in [0.3, 0.4) is 0 Å². The number of piperidine rings is 1. The number of nitrogens with zero attached hydrogens (tertiary/aromatic N) is 1. The van der Waals surface area contributed by atoms with Crippen molar-refractivity contribution in [2.75, 3.05) is 11.4 Å². The molecule has 0 aromatic heterocycles. The minimum absolute atomic E-state index is 0.448. The van der Waals surface area contributed by atoms with Gasteiger partial charge in [0, 0.05) is 22.6 Å². The zero-order valence-corrected chi connectivity index (χ0v) is 12.4. The third-order valence-electron chi connectivity index (χ3n) is 3.34. The normalized spacial score (nSPS) is 20.4. The summed E-state index contributed by atoms with van der Waals surface area (Å²) in [5, 5.41) is 0. The summed E-state index contributed by atoms with van der Waals surface area (Å²) in [6.45, 7) is 3.42. The van der Waals surface area contributed by atoms with Gasteiger partial charge in [-0.25, -0.2) is 0 Å². The lowest BCUT2D eigenvalue weighted by molar-refractivity contribution is 0.484. The van der Waals surface area contributed by atoms with E-state index in [1.54, 1.807) is 0 Å². The van der Waals surface area contributed by atoms with Crippen LogP contribution in [0.1, 0.15) is 31.7 Å². The summed E-state index contributed by atoms with van der Waals surface area (Å²) in [5.41, 5.74) is 7.80. The lowest BCUT2D eigenvalue weighted by Crippen LogP contribution is -2.37. The van der Waals surface area contributed by atoms with Crippen molar-refractivity contribution in [2.45, 2.75) is 32.2 Å². The second kappa shape index (κ2) is 5.36. The molecule has 0 spiro atoms. The molecular weight excluding hydrogens is 296 g/mol. The first kappa shape index (κ1) is 12.8. The zero-order chi connectivity index (χ0) is 12.4. The van der Waals surface area contributed by atoms with Crippen LogP contribution in [0.5, 0.6) is 0 Å². The van der Waals surface area contributed by atoms with E-state index in [1.165, 1.54) is 24.9 Å². The summed E-state index contributed by atoms with van der Waals surface area (Å²) in [6.07, 6.45) is 3.87. The Kier molecular flexibility index (Phi) is 4.05. The standard InChI is InChI=1S/C13H17BrN2S/c1-9-4-2-3-7-16(9)12-6-5-10(13(15)17)8-11(12)14/h5-6,8-9H,2-4,7H2,1H3,(H2,15,17). The number of hydrogen-bond donors (Lipinski definition) is 1. The molecule has 1 aliphatic rings. The third-order valence-corrected chi connectivity index (χ3v) is 4.22. The quantitative estimate of drug-likeness (QED) is 0.848. The van der Waals surface area contributed by atoms with Gasteiger partial charge in [-0.2, -0.15) is 0 Å². The molecule has 1 aromatic rings.